The minimum atomic E-state index is 0.770. The highest BCUT2D eigenvalue weighted by molar-refractivity contribution is 5.48. The van der Waals surface area contributed by atoms with E-state index in [9.17, 15) is 5.26 Å². The van der Waals surface area contributed by atoms with E-state index in [1.165, 1.54) is 48.8 Å². The van der Waals surface area contributed by atoms with E-state index in [0.717, 1.165) is 30.8 Å². The van der Waals surface area contributed by atoms with Gasteiger partial charge in [-0.05, 0) is 63.4 Å². The van der Waals surface area contributed by atoms with E-state index in [-0.39, 0.29) is 0 Å². The maximum absolute atomic E-state index is 9.49. The smallest absolute Gasteiger partial charge is 0.0994 e. The minimum Gasteiger partial charge on any atom is -0.192 e. The zero-order chi connectivity index (χ0) is 12.3. The van der Waals surface area contributed by atoms with Gasteiger partial charge < -0.3 is 0 Å². The van der Waals surface area contributed by atoms with Crippen molar-refractivity contribution in [1.29, 1.82) is 5.26 Å². The van der Waals surface area contributed by atoms with Crippen molar-refractivity contribution in [2.45, 2.75) is 65.2 Å². The van der Waals surface area contributed by atoms with Crippen LogP contribution in [0.5, 0.6) is 0 Å². The third kappa shape index (κ3) is 2.80. The van der Waals surface area contributed by atoms with Crippen molar-refractivity contribution >= 4 is 0 Å². The zero-order valence-corrected chi connectivity index (χ0v) is 11.2. The Hall–Kier alpha value is -1.03. The van der Waals surface area contributed by atoms with E-state index in [2.05, 4.69) is 19.9 Å². The summed E-state index contributed by atoms with van der Waals surface area (Å²) >= 11 is 0. The molecule has 0 bridgehead atoms. The third-order valence-corrected chi connectivity index (χ3v) is 4.28. The SMILES string of the molecule is CC1=C(/C(C#N)=C2\CCCC(C)C2)CCCC1. The van der Waals surface area contributed by atoms with E-state index in [4.69, 9.17) is 0 Å². The predicted molar refractivity (Wildman–Crippen MR) is 71.4 cm³/mol. The van der Waals surface area contributed by atoms with Gasteiger partial charge in [0, 0.05) is 0 Å². The molecule has 1 nitrogen and oxygen atoms in total. The molecule has 1 atom stereocenters. The van der Waals surface area contributed by atoms with E-state index in [1.807, 2.05) is 0 Å². The fourth-order valence-corrected chi connectivity index (χ4v) is 3.27. The van der Waals surface area contributed by atoms with Crippen LogP contribution in [0.2, 0.25) is 0 Å². The molecule has 0 heterocycles. The van der Waals surface area contributed by atoms with E-state index in [1.54, 1.807) is 0 Å². The lowest BCUT2D eigenvalue weighted by Crippen LogP contribution is -2.09. The highest BCUT2D eigenvalue weighted by Gasteiger charge is 2.20. The molecule has 17 heavy (non-hydrogen) atoms. The largest absolute Gasteiger partial charge is 0.192 e. The molecule has 2 rings (SSSR count). The summed E-state index contributed by atoms with van der Waals surface area (Å²) in [5.74, 6) is 0.770. The molecular formula is C16H23N. The van der Waals surface area contributed by atoms with Gasteiger partial charge in [0.2, 0.25) is 0 Å². The summed E-state index contributed by atoms with van der Waals surface area (Å²) in [6, 6.07) is 2.51. The third-order valence-electron chi connectivity index (χ3n) is 4.28. The van der Waals surface area contributed by atoms with Gasteiger partial charge in [-0.25, -0.2) is 0 Å². The lowest BCUT2D eigenvalue weighted by atomic mass is 9.80. The lowest BCUT2D eigenvalue weighted by Gasteiger charge is -2.25. The lowest BCUT2D eigenvalue weighted by molar-refractivity contribution is 0.450. The topological polar surface area (TPSA) is 23.8 Å². The van der Waals surface area contributed by atoms with Crippen LogP contribution in [0, 0.1) is 17.2 Å². The molecule has 2 aliphatic rings. The molecule has 0 N–H and O–H groups in total. The van der Waals surface area contributed by atoms with Crippen LogP contribution < -0.4 is 0 Å². The second-order valence-electron chi connectivity index (χ2n) is 5.76. The molecule has 1 fully saturated rings. The molecule has 1 saturated carbocycles. The molecule has 1 unspecified atom stereocenters. The van der Waals surface area contributed by atoms with Gasteiger partial charge in [-0.2, -0.15) is 5.26 Å². The van der Waals surface area contributed by atoms with Gasteiger partial charge in [-0.3, -0.25) is 0 Å². The Morgan fingerprint density at radius 3 is 2.59 bits per heavy atom. The van der Waals surface area contributed by atoms with Gasteiger partial charge in [-0.1, -0.05) is 24.5 Å². The second kappa shape index (κ2) is 5.54. The van der Waals surface area contributed by atoms with Gasteiger partial charge in [0.25, 0.3) is 0 Å². The highest BCUT2D eigenvalue weighted by atomic mass is 14.3. The summed E-state index contributed by atoms with van der Waals surface area (Å²) < 4.78 is 0. The Kier molecular flexibility index (Phi) is 4.05. The van der Waals surface area contributed by atoms with Crippen LogP contribution in [-0.4, -0.2) is 0 Å². The summed E-state index contributed by atoms with van der Waals surface area (Å²) in [4.78, 5) is 0. The monoisotopic (exact) mass is 229 g/mol. The molecule has 92 valence electrons. The van der Waals surface area contributed by atoms with Gasteiger partial charge >= 0.3 is 0 Å². The van der Waals surface area contributed by atoms with Crippen molar-refractivity contribution in [3.8, 4) is 6.07 Å². The molecule has 0 spiro atoms. The van der Waals surface area contributed by atoms with Gasteiger partial charge in [0.05, 0.1) is 11.6 Å². The molecule has 0 saturated heterocycles. The minimum absolute atomic E-state index is 0.770. The van der Waals surface area contributed by atoms with Crippen LogP contribution >= 0.6 is 0 Å². The van der Waals surface area contributed by atoms with Gasteiger partial charge in [-0.15, -0.1) is 0 Å². The maximum atomic E-state index is 9.49. The number of hydrogen-bond acceptors (Lipinski definition) is 1. The fourth-order valence-electron chi connectivity index (χ4n) is 3.27. The standard InChI is InChI=1S/C16H23N/c1-12-6-5-8-14(10-12)16(11-17)15-9-4-3-7-13(15)2/h12H,3-10H2,1-2H3/b16-14+. The maximum Gasteiger partial charge on any atom is 0.0994 e. The molecule has 0 amide bonds. The Bertz CT molecular complexity index is 392. The Morgan fingerprint density at radius 1 is 1.18 bits per heavy atom. The van der Waals surface area contributed by atoms with Gasteiger partial charge in [0.1, 0.15) is 0 Å². The molecule has 1 heteroatoms. The van der Waals surface area contributed by atoms with Crippen LogP contribution in [-0.2, 0) is 0 Å². The average Bonchev–Trinajstić information content (AvgIpc) is 2.33. The van der Waals surface area contributed by atoms with Crippen LogP contribution in [0.25, 0.3) is 0 Å². The quantitative estimate of drug-likeness (QED) is 0.586. The summed E-state index contributed by atoms with van der Waals surface area (Å²) in [6.07, 6.45) is 9.81. The number of nitriles is 1. The number of allylic oxidation sites excluding steroid dienone is 4. The first-order chi connectivity index (χ1) is 8.22. The van der Waals surface area contributed by atoms with E-state index < -0.39 is 0 Å². The van der Waals surface area contributed by atoms with Crippen molar-refractivity contribution < 1.29 is 0 Å². The van der Waals surface area contributed by atoms with E-state index >= 15 is 0 Å². The summed E-state index contributed by atoms with van der Waals surface area (Å²) in [5, 5.41) is 9.49. The first kappa shape index (κ1) is 12.4. The Morgan fingerprint density at radius 2 is 1.94 bits per heavy atom. The average molecular weight is 229 g/mol. The van der Waals surface area contributed by atoms with Crippen molar-refractivity contribution in [3.05, 3.63) is 22.3 Å². The first-order valence-corrected chi connectivity index (χ1v) is 7.03. The number of hydrogen-bond donors (Lipinski definition) is 0. The van der Waals surface area contributed by atoms with Crippen LogP contribution in [0.15, 0.2) is 22.3 Å². The Balaban J connectivity index is 2.32. The normalized spacial score (nSPS) is 28.9. The molecule has 0 aromatic carbocycles. The molecular weight excluding hydrogens is 206 g/mol. The number of rotatable bonds is 1. The van der Waals surface area contributed by atoms with Crippen molar-refractivity contribution in [2.75, 3.05) is 0 Å². The van der Waals surface area contributed by atoms with Gasteiger partial charge in [0.15, 0.2) is 0 Å². The summed E-state index contributed by atoms with van der Waals surface area (Å²) in [7, 11) is 0. The van der Waals surface area contributed by atoms with Crippen LogP contribution in [0.3, 0.4) is 0 Å². The van der Waals surface area contributed by atoms with Crippen molar-refractivity contribution in [2.24, 2.45) is 5.92 Å². The first-order valence-electron chi connectivity index (χ1n) is 7.03. The fraction of sp³-hybridized carbons (Fsp3) is 0.688. The van der Waals surface area contributed by atoms with Crippen LogP contribution in [0.1, 0.15) is 65.2 Å². The highest BCUT2D eigenvalue weighted by Crippen LogP contribution is 2.36. The Labute approximate surface area is 105 Å². The molecule has 0 aromatic heterocycles. The summed E-state index contributed by atoms with van der Waals surface area (Å²) in [6.45, 7) is 4.54. The zero-order valence-electron chi connectivity index (χ0n) is 11.2. The molecule has 0 radical (unpaired) electrons. The molecule has 2 aliphatic carbocycles. The van der Waals surface area contributed by atoms with Crippen molar-refractivity contribution in [1.82, 2.24) is 0 Å². The van der Waals surface area contributed by atoms with Crippen LogP contribution in [0.4, 0.5) is 0 Å². The molecule has 0 aromatic rings. The number of nitrogens with zero attached hydrogens (tertiary/aromatic N) is 1. The predicted octanol–water partition coefficient (Wildman–Crippen LogP) is 4.91. The molecule has 0 aliphatic heterocycles. The second-order valence-corrected chi connectivity index (χ2v) is 5.76. The summed E-state index contributed by atoms with van der Waals surface area (Å²) in [5.41, 5.74) is 5.37. The van der Waals surface area contributed by atoms with E-state index in [0.29, 0.717) is 0 Å². The van der Waals surface area contributed by atoms with Crippen molar-refractivity contribution in [3.63, 3.8) is 0 Å².